The highest BCUT2D eigenvalue weighted by molar-refractivity contribution is 6.42. The molecule has 0 aliphatic heterocycles. The molecule has 0 unspecified atom stereocenters. The van der Waals surface area contributed by atoms with E-state index >= 15 is 0 Å². The fourth-order valence-electron chi connectivity index (χ4n) is 4.31. The number of rotatable bonds is 8. The van der Waals surface area contributed by atoms with E-state index in [1.807, 2.05) is 0 Å². The van der Waals surface area contributed by atoms with E-state index in [-0.39, 0.29) is 36.1 Å². The minimum atomic E-state index is -0.250. The van der Waals surface area contributed by atoms with Crippen molar-refractivity contribution in [1.82, 2.24) is 10.2 Å². The lowest BCUT2D eigenvalue weighted by Crippen LogP contribution is -2.84. The lowest BCUT2D eigenvalue weighted by molar-refractivity contribution is -0.187. The molecule has 5 rings (SSSR count). The first kappa shape index (κ1) is 22.1. The summed E-state index contributed by atoms with van der Waals surface area (Å²) in [6, 6.07) is 11.7. The van der Waals surface area contributed by atoms with Gasteiger partial charge < -0.3 is 19.7 Å². The van der Waals surface area contributed by atoms with Gasteiger partial charge in [0.2, 0.25) is 0 Å². The van der Waals surface area contributed by atoms with Gasteiger partial charge in [-0.3, -0.25) is 9.59 Å². The summed E-state index contributed by atoms with van der Waals surface area (Å²) in [6.45, 7) is -0.160. The summed E-state index contributed by atoms with van der Waals surface area (Å²) >= 11 is 17.7. The van der Waals surface area contributed by atoms with Crippen LogP contribution in [-0.4, -0.2) is 48.1 Å². The molecule has 0 atom stereocenters. The molecular formula is C22H21Cl3N2O4. The zero-order valence-electron chi connectivity index (χ0n) is 16.8. The molecule has 0 heterocycles. The highest BCUT2D eigenvalue weighted by Gasteiger charge is 2.71. The summed E-state index contributed by atoms with van der Waals surface area (Å²) in [6.07, 6.45) is 2.17. The molecule has 1 N–H and O–H groups in total. The Labute approximate surface area is 195 Å². The second-order valence-corrected chi connectivity index (χ2v) is 9.39. The Morgan fingerprint density at radius 1 is 0.935 bits per heavy atom. The third-order valence-corrected chi connectivity index (χ3v) is 6.92. The van der Waals surface area contributed by atoms with E-state index in [0.717, 1.165) is 19.3 Å². The molecule has 2 aromatic carbocycles. The number of nitrogens with one attached hydrogen (secondary N) is 1. The van der Waals surface area contributed by atoms with Crippen LogP contribution in [0.25, 0.3) is 0 Å². The average molecular weight is 484 g/mol. The maximum Gasteiger partial charge on any atom is 0.260 e. The maximum atomic E-state index is 12.6. The Morgan fingerprint density at radius 3 is 2.19 bits per heavy atom. The summed E-state index contributed by atoms with van der Waals surface area (Å²) in [4.78, 5) is 26.5. The van der Waals surface area contributed by atoms with Crippen molar-refractivity contribution in [3.63, 3.8) is 0 Å². The van der Waals surface area contributed by atoms with Gasteiger partial charge in [-0.2, -0.15) is 0 Å². The molecule has 164 valence electrons. The Kier molecular flexibility index (Phi) is 5.99. The van der Waals surface area contributed by atoms with Crippen molar-refractivity contribution >= 4 is 46.6 Å². The van der Waals surface area contributed by atoms with Crippen molar-refractivity contribution in [2.75, 3.05) is 20.3 Å². The normalized spacial score (nSPS) is 23.2. The van der Waals surface area contributed by atoms with Crippen molar-refractivity contribution in [2.45, 2.75) is 30.3 Å². The van der Waals surface area contributed by atoms with Gasteiger partial charge in [0.15, 0.2) is 13.2 Å². The number of amides is 2. The molecule has 0 radical (unpaired) electrons. The van der Waals surface area contributed by atoms with Crippen molar-refractivity contribution in [3.05, 3.63) is 57.5 Å². The van der Waals surface area contributed by atoms with Crippen LogP contribution < -0.4 is 14.8 Å². The molecule has 0 spiro atoms. The van der Waals surface area contributed by atoms with Crippen LogP contribution in [-0.2, 0) is 9.59 Å². The second kappa shape index (κ2) is 8.41. The van der Waals surface area contributed by atoms with Crippen LogP contribution in [0.2, 0.25) is 15.1 Å². The Balaban J connectivity index is 1.21. The minimum Gasteiger partial charge on any atom is -0.484 e. The topological polar surface area (TPSA) is 67.9 Å². The van der Waals surface area contributed by atoms with Crippen LogP contribution in [0.4, 0.5) is 0 Å². The predicted molar refractivity (Wildman–Crippen MR) is 119 cm³/mol. The van der Waals surface area contributed by atoms with Gasteiger partial charge in [-0.05, 0) is 55.7 Å². The minimum absolute atomic E-state index is 0.0668. The third kappa shape index (κ3) is 4.56. The van der Waals surface area contributed by atoms with E-state index < -0.39 is 0 Å². The van der Waals surface area contributed by atoms with Crippen LogP contribution in [0.1, 0.15) is 19.3 Å². The lowest BCUT2D eigenvalue weighted by atomic mass is 9.43. The quantitative estimate of drug-likeness (QED) is 0.606. The van der Waals surface area contributed by atoms with Gasteiger partial charge in [0, 0.05) is 29.2 Å². The van der Waals surface area contributed by atoms with Crippen LogP contribution in [0.3, 0.4) is 0 Å². The van der Waals surface area contributed by atoms with E-state index in [4.69, 9.17) is 44.3 Å². The van der Waals surface area contributed by atoms with Gasteiger partial charge in [0.25, 0.3) is 11.8 Å². The number of benzene rings is 2. The molecule has 0 aromatic heterocycles. The number of hydrogen-bond acceptors (Lipinski definition) is 4. The molecular weight excluding hydrogens is 463 g/mol. The summed E-state index contributed by atoms with van der Waals surface area (Å²) < 4.78 is 11.0. The number of likely N-dealkylation sites (N-methyl/N-ethyl adjacent to an activating group) is 1. The van der Waals surface area contributed by atoms with E-state index in [9.17, 15) is 9.59 Å². The van der Waals surface area contributed by atoms with Gasteiger partial charge in [-0.15, -0.1) is 0 Å². The van der Waals surface area contributed by atoms with Crippen LogP contribution in [0.15, 0.2) is 42.5 Å². The van der Waals surface area contributed by atoms with Crippen molar-refractivity contribution < 1.29 is 19.1 Å². The molecule has 3 fully saturated rings. The van der Waals surface area contributed by atoms with Crippen molar-refractivity contribution in [1.29, 1.82) is 0 Å². The van der Waals surface area contributed by atoms with E-state index in [1.165, 1.54) is 0 Å². The SMILES string of the molecule is CN(C(=O)COc1ccc(Cl)c(Cl)c1)C12CC(NC(=O)COc3ccc(Cl)cc3)(C1)C2. The molecule has 31 heavy (non-hydrogen) atoms. The zero-order chi connectivity index (χ0) is 22.2. The lowest BCUT2D eigenvalue weighted by Gasteiger charge is -2.72. The Morgan fingerprint density at radius 2 is 1.55 bits per heavy atom. The van der Waals surface area contributed by atoms with Crippen LogP contribution in [0.5, 0.6) is 11.5 Å². The second-order valence-electron chi connectivity index (χ2n) is 8.14. The first-order valence-electron chi connectivity index (χ1n) is 9.74. The van der Waals surface area contributed by atoms with E-state index in [2.05, 4.69) is 5.32 Å². The average Bonchev–Trinajstić information content (AvgIpc) is 2.69. The number of carbonyl (C=O) groups excluding carboxylic acids is 2. The number of carbonyl (C=O) groups is 2. The summed E-state index contributed by atoms with van der Waals surface area (Å²) in [5.74, 6) is 0.760. The molecule has 3 aliphatic rings. The summed E-state index contributed by atoms with van der Waals surface area (Å²) in [7, 11) is 1.77. The van der Waals surface area contributed by atoms with Gasteiger partial charge in [-0.1, -0.05) is 34.8 Å². The highest BCUT2D eigenvalue weighted by Crippen LogP contribution is 2.63. The van der Waals surface area contributed by atoms with Crippen molar-refractivity contribution in [2.24, 2.45) is 0 Å². The van der Waals surface area contributed by atoms with Gasteiger partial charge >= 0.3 is 0 Å². The number of nitrogens with zero attached hydrogens (tertiary/aromatic N) is 1. The Hall–Kier alpha value is -2.15. The number of halogens is 3. The summed E-state index contributed by atoms with van der Waals surface area (Å²) in [5.41, 5.74) is -0.470. The predicted octanol–water partition coefficient (Wildman–Crippen LogP) is 4.35. The molecule has 9 heteroatoms. The summed E-state index contributed by atoms with van der Waals surface area (Å²) in [5, 5.41) is 4.45. The molecule has 6 nitrogen and oxygen atoms in total. The standard InChI is InChI=1S/C22H21Cl3N2O4/c1-27(20(29)10-31-16-6-7-17(24)18(25)8-16)22-11-21(12-22,13-22)26-19(28)9-30-15-4-2-14(23)3-5-15/h2-8H,9-13H2,1H3,(H,26,28). The van der Waals surface area contributed by atoms with Gasteiger partial charge in [0.05, 0.1) is 10.0 Å². The van der Waals surface area contributed by atoms with Gasteiger partial charge in [0.1, 0.15) is 11.5 Å². The fourth-order valence-corrected chi connectivity index (χ4v) is 4.72. The molecule has 0 saturated heterocycles. The Bertz CT molecular complexity index is 993. The smallest absolute Gasteiger partial charge is 0.260 e. The van der Waals surface area contributed by atoms with E-state index in [1.54, 1.807) is 54.4 Å². The molecule has 2 bridgehead atoms. The first-order valence-corrected chi connectivity index (χ1v) is 10.9. The van der Waals surface area contributed by atoms with E-state index in [0.29, 0.717) is 26.6 Å². The number of ether oxygens (including phenoxy) is 2. The maximum absolute atomic E-state index is 12.6. The fraction of sp³-hybridized carbons (Fsp3) is 0.364. The largest absolute Gasteiger partial charge is 0.484 e. The molecule has 2 aromatic rings. The van der Waals surface area contributed by atoms with Crippen molar-refractivity contribution in [3.8, 4) is 11.5 Å². The molecule has 2 amide bonds. The monoisotopic (exact) mass is 482 g/mol. The molecule has 3 saturated carbocycles. The van der Waals surface area contributed by atoms with Gasteiger partial charge in [-0.25, -0.2) is 0 Å². The van der Waals surface area contributed by atoms with Crippen LogP contribution >= 0.6 is 34.8 Å². The number of hydrogen-bond donors (Lipinski definition) is 1. The zero-order valence-corrected chi connectivity index (χ0v) is 19.1. The highest BCUT2D eigenvalue weighted by atomic mass is 35.5. The van der Waals surface area contributed by atoms with Crippen LogP contribution in [0, 0.1) is 0 Å². The molecule has 3 aliphatic carbocycles. The first-order chi connectivity index (χ1) is 14.7. The third-order valence-electron chi connectivity index (χ3n) is 5.93.